The van der Waals surface area contributed by atoms with Crippen LogP contribution in [0.1, 0.15) is 11.5 Å². The van der Waals surface area contributed by atoms with Crippen molar-refractivity contribution < 1.29 is 4.42 Å². The van der Waals surface area contributed by atoms with Gasteiger partial charge in [-0.25, -0.2) is 0 Å². The van der Waals surface area contributed by atoms with Crippen LogP contribution in [-0.2, 0) is 0 Å². The minimum Gasteiger partial charge on any atom is -0.460 e. The minimum atomic E-state index is 0.134. The molecule has 64 valence electrons. The summed E-state index contributed by atoms with van der Waals surface area (Å²) in [4.78, 5) is 0. The molecule has 1 aromatic heterocycles. The molecule has 0 aromatic carbocycles. The van der Waals surface area contributed by atoms with Gasteiger partial charge in [-0.15, -0.1) is 0 Å². The van der Waals surface area contributed by atoms with Crippen LogP contribution in [0.4, 0.5) is 0 Å². The molecule has 0 aliphatic carbocycles. The highest BCUT2D eigenvalue weighted by Crippen LogP contribution is 2.02. The lowest BCUT2D eigenvalue weighted by molar-refractivity contribution is 0.527. The lowest BCUT2D eigenvalue weighted by atomic mass is 10.4. The number of rotatable bonds is 2. The van der Waals surface area contributed by atoms with Crippen molar-refractivity contribution >= 4 is 23.5 Å². The van der Waals surface area contributed by atoms with E-state index < -0.39 is 0 Å². The van der Waals surface area contributed by atoms with Crippen molar-refractivity contribution in [1.82, 2.24) is 5.43 Å². The maximum atomic E-state index is 5.19. The molecule has 0 spiro atoms. The smallest absolute Gasteiger partial charge is 0.184 e. The van der Waals surface area contributed by atoms with Crippen molar-refractivity contribution in [3.63, 3.8) is 0 Å². The predicted molar refractivity (Wildman–Crippen MR) is 51.0 cm³/mol. The Kier molecular flexibility index (Phi) is 2.82. The molecular formula is C7H9N3OS. The molecule has 0 amide bonds. The molecule has 5 heteroatoms. The highest BCUT2D eigenvalue weighted by atomic mass is 32.1. The third-order valence-electron chi connectivity index (χ3n) is 1.13. The van der Waals surface area contributed by atoms with E-state index in [4.69, 9.17) is 10.2 Å². The molecule has 1 rings (SSSR count). The van der Waals surface area contributed by atoms with E-state index in [1.54, 1.807) is 6.07 Å². The number of hydrogen-bond acceptors (Lipinski definition) is 3. The normalized spacial score (nSPS) is 10.4. The van der Waals surface area contributed by atoms with Crippen LogP contribution in [0.25, 0.3) is 0 Å². The zero-order valence-electron chi connectivity index (χ0n) is 6.57. The molecule has 0 bridgehead atoms. The monoisotopic (exact) mass is 183 g/mol. The van der Waals surface area contributed by atoms with Crippen LogP contribution in [0, 0.1) is 6.92 Å². The SMILES string of the molecule is Cc1ccc(/C=N/NC(N)=S)o1. The first-order valence-corrected chi connectivity index (χ1v) is 3.74. The van der Waals surface area contributed by atoms with Crippen LogP contribution in [0.15, 0.2) is 21.7 Å². The fraction of sp³-hybridized carbons (Fsp3) is 0.143. The first kappa shape index (κ1) is 8.73. The van der Waals surface area contributed by atoms with E-state index in [1.165, 1.54) is 6.21 Å². The third kappa shape index (κ3) is 2.71. The number of hydrazone groups is 1. The predicted octanol–water partition coefficient (Wildman–Crippen LogP) is 0.755. The molecule has 1 aromatic rings. The van der Waals surface area contributed by atoms with Gasteiger partial charge in [-0.3, -0.25) is 5.43 Å². The fourth-order valence-corrected chi connectivity index (χ4v) is 0.735. The number of nitrogens with zero attached hydrogens (tertiary/aromatic N) is 1. The molecule has 0 aliphatic rings. The average Bonchev–Trinajstić information content (AvgIpc) is 2.35. The molecule has 3 N–H and O–H groups in total. The highest BCUT2D eigenvalue weighted by Gasteiger charge is 1.92. The van der Waals surface area contributed by atoms with Gasteiger partial charge >= 0.3 is 0 Å². The molecule has 0 unspecified atom stereocenters. The van der Waals surface area contributed by atoms with Gasteiger partial charge in [-0.2, -0.15) is 5.10 Å². The summed E-state index contributed by atoms with van der Waals surface area (Å²) in [6.45, 7) is 1.86. The van der Waals surface area contributed by atoms with Crippen molar-refractivity contribution in [1.29, 1.82) is 0 Å². The third-order valence-corrected chi connectivity index (χ3v) is 1.22. The van der Waals surface area contributed by atoms with Crippen LogP contribution in [0.3, 0.4) is 0 Å². The zero-order chi connectivity index (χ0) is 8.97. The number of furan rings is 1. The molecular weight excluding hydrogens is 174 g/mol. The summed E-state index contributed by atoms with van der Waals surface area (Å²) in [6, 6.07) is 3.65. The van der Waals surface area contributed by atoms with Gasteiger partial charge in [0.2, 0.25) is 0 Å². The van der Waals surface area contributed by atoms with Crippen LogP contribution >= 0.6 is 12.2 Å². The van der Waals surface area contributed by atoms with Crippen molar-refractivity contribution in [3.8, 4) is 0 Å². The van der Waals surface area contributed by atoms with Gasteiger partial charge in [-0.05, 0) is 31.3 Å². The first-order chi connectivity index (χ1) is 5.68. The summed E-state index contributed by atoms with van der Waals surface area (Å²) in [5, 5.41) is 3.85. The van der Waals surface area contributed by atoms with Crippen LogP contribution in [-0.4, -0.2) is 11.3 Å². The zero-order valence-corrected chi connectivity index (χ0v) is 7.39. The second kappa shape index (κ2) is 3.87. The van der Waals surface area contributed by atoms with E-state index in [-0.39, 0.29) is 5.11 Å². The molecule has 0 atom stereocenters. The standard InChI is InChI=1S/C7H9N3OS/c1-5-2-3-6(11-5)4-9-10-7(8)12/h2-4H,1H3,(H3,8,10,12)/b9-4+. The van der Waals surface area contributed by atoms with Crippen LogP contribution in [0.2, 0.25) is 0 Å². The summed E-state index contributed by atoms with van der Waals surface area (Å²) in [7, 11) is 0. The minimum absolute atomic E-state index is 0.134. The second-order valence-electron chi connectivity index (χ2n) is 2.18. The maximum absolute atomic E-state index is 5.19. The summed E-state index contributed by atoms with van der Waals surface area (Å²) < 4.78 is 5.19. The average molecular weight is 183 g/mol. The molecule has 0 saturated carbocycles. The van der Waals surface area contributed by atoms with E-state index >= 15 is 0 Å². The molecule has 1 heterocycles. The lowest BCUT2D eigenvalue weighted by Gasteiger charge is -1.91. The Morgan fingerprint density at radius 2 is 2.50 bits per heavy atom. The highest BCUT2D eigenvalue weighted by molar-refractivity contribution is 7.80. The van der Waals surface area contributed by atoms with Crippen molar-refractivity contribution in [2.24, 2.45) is 10.8 Å². The van der Waals surface area contributed by atoms with Gasteiger partial charge in [-0.1, -0.05) is 0 Å². The van der Waals surface area contributed by atoms with Gasteiger partial charge in [0.25, 0.3) is 0 Å². The number of nitrogens with two attached hydrogens (primary N) is 1. The van der Waals surface area contributed by atoms with E-state index in [9.17, 15) is 0 Å². The van der Waals surface area contributed by atoms with Gasteiger partial charge in [0.05, 0.1) is 6.21 Å². The maximum Gasteiger partial charge on any atom is 0.184 e. The number of nitrogens with one attached hydrogen (secondary N) is 1. The van der Waals surface area contributed by atoms with Crippen LogP contribution < -0.4 is 11.2 Å². The van der Waals surface area contributed by atoms with Gasteiger partial charge in [0.15, 0.2) is 5.11 Å². The quantitative estimate of drug-likeness (QED) is 0.403. The lowest BCUT2D eigenvalue weighted by Crippen LogP contribution is -2.23. The summed E-state index contributed by atoms with van der Waals surface area (Å²) in [6.07, 6.45) is 1.51. The Bertz CT molecular complexity index is 305. The largest absolute Gasteiger partial charge is 0.460 e. The van der Waals surface area contributed by atoms with Gasteiger partial charge in [0, 0.05) is 0 Å². The number of hydrogen-bond donors (Lipinski definition) is 2. The molecule has 0 aliphatic heterocycles. The molecule has 0 saturated heterocycles. The Morgan fingerprint density at radius 1 is 1.75 bits per heavy atom. The summed E-state index contributed by atoms with van der Waals surface area (Å²) >= 11 is 4.54. The number of thiocarbonyl (C=S) groups is 1. The molecule has 0 radical (unpaired) electrons. The Balaban J connectivity index is 2.52. The fourth-order valence-electron chi connectivity index (χ4n) is 0.682. The Hall–Kier alpha value is -1.36. The molecule has 0 fully saturated rings. The summed E-state index contributed by atoms with van der Waals surface area (Å²) in [5.41, 5.74) is 7.56. The summed E-state index contributed by atoms with van der Waals surface area (Å²) in [5.74, 6) is 1.50. The van der Waals surface area contributed by atoms with E-state index in [1.807, 2.05) is 13.0 Å². The van der Waals surface area contributed by atoms with Gasteiger partial charge < -0.3 is 10.2 Å². The van der Waals surface area contributed by atoms with Crippen molar-refractivity contribution in [3.05, 3.63) is 23.7 Å². The topological polar surface area (TPSA) is 63.5 Å². The Labute approximate surface area is 75.4 Å². The van der Waals surface area contributed by atoms with E-state index in [2.05, 4.69) is 22.7 Å². The second-order valence-corrected chi connectivity index (χ2v) is 2.62. The van der Waals surface area contributed by atoms with Gasteiger partial charge in [0.1, 0.15) is 11.5 Å². The van der Waals surface area contributed by atoms with Crippen LogP contribution in [0.5, 0.6) is 0 Å². The number of aryl methyl sites for hydroxylation is 1. The molecule has 4 nitrogen and oxygen atoms in total. The van der Waals surface area contributed by atoms with E-state index in [0.29, 0.717) is 5.76 Å². The Morgan fingerprint density at radius 3 is 3.00 bits per heavy atom. The van der Waals surface area contributed by atoms with E-state index in [0.717, 1.165) is 5.76 Å². The van der Waals surface area contributed by atoms with Crippen molar-refractivity contribution in [2.45, 2.75) is 6.92 Å². The first-order valence-electron chi connectivity index (χ1n) is 3.33. The van der Waals surface area contributed by atoms with Crippen molar-refractivity contribution in [2.75, 3.05) is 0 Å². The molecule has 12 heavy (non-hydrogen) atoms.